The van der Waals surface area contributed by atoms with Crippen molar-refractivity contribution < 1.29 is 9.47 Å². The predicted molar refractivity (Wildman–Crippen MR) is 85.3 cm³/mol. The van der Waals surface area contributed by atoms with Crippen LogP contribution in [-0.2, 0) is 0 Å². The number of benzene rings is 1. The summed E-state index contributed by atoms with van der Waals surface area (Å²) < 4.78 is 12.9. The Labute approximate surface area is 128 Å². The number of aryl methyl sites for hydroxylation is 1. The molecule has 2 heterocycles. The molecule has 6 heteroatoms. The normalized spacial score (nSPS) is 10.9. The Morgan fingerprint density at radius 3 is 2.68 bits per heavy atom. The molecule has 2 N–H and O–H groups in total. The van der Waals surface area contributed by atoms with Crippen LogP contribution >= 0.6 is 0 Å². The van der Waals surface area contributed by atoms with Crippen molar-refractivity contribution >= 4 is 11.3 Å². The van der Waals surface area contributed by atoms with E-state index in [0.717, 1.165) is 22.7 Å². The van der Waals surface area contributed by atoms with Gasteiger partial charge in [-0.25, -0.2) is 0 Å². The maximum absolute atomic E-state index is 5.99. The maximum atomic E-state index is 5.99. The zero-order valence-electron chi connectivity index (χ0n) is 12.8. The first-order valence-corrected chi connectivity index (χ1v) is 7.07. The number of fused-ring (bicyclic) bond motifs is 1. The van der Waals surface area contributed by atoms with E-state index < -0.39 is 0 Å². The molecular weight excluding hydrogens is 280 g/mol. The number of pyridine rings is 1. The van der Waals surface area contributed by atoms with Crippen LogP contribution < -0.4 is 15.2 Å². The average Bonchev–Trinajstić information content (AvgIpc) is 2.96. The molecule has 2 aromatic heterocycles. The minimum Gasteiger partial charge on any atom is -0.493 e. The summed E-state index contributed by atoms with van der Waals surface area (Å²) in [5, 5.41) is 8.48. The van der Waals surface area contributed by atoms with Crippen LogP contribution in [0.3, 0.4) is 0 Å². The molecule has 0 fully saturated rings. The second-order valence-corrected chi connectivity index (χ2v) is 4.89. The van der Waals surface area contributed by atoms with Crippen LogP contribution in [0.5, 0.6) is 11.5 Å². The Hall–Kier alpha value is -2.76. The summed E-state index contributed by atoms with van der Waals surface area (Å²) in [6.07, 6.45) is 0. The van der Waals surface area contributed by atoms with E-state index in [-0.39, 0.29) is 0 Å². The molecule has 1 aromatic carbocycles. The van der Waals surface area contributed by atoms with E-state index >= 15 is 0 Å². The summed E-state index contributed by atoms with van der Waals surface area (Å²) in [6, 6.07) is 9.39. The van der Waals surface area contributed by atoms with E-state index in [2.05, 4.69) is 10.2 Å². The third-order valence-corrected chi connectivity index (χ3v) is 3.57. The molecule has 0 bridgehead atoms. The summed E-state index contributed by atoms with van der Waals surface area (Å²) in [7, 11) is 1.62. The predicted octanol–water partition coefficient (Wildman–Crippen LogP) is 2.69. The zero-order chi connectivity index (χ0) is 15.7. The van der Waals surface area contributed by atoms with Gasteiger partial charge in [-0.3, -0.25) is 4.40 Å². The Morgan fingerprint density at radius 2 is 1.95 bits per heavy atom. The molecule has 0 aliphatic carbocycles. The third-order valence-electron chi connectivity index (χ3n) is 3.57. The van der Waals surface area contributed by atoms with Crippen molar-refractivity contribution in [2.75, 3.05) is 19.5 Å². The lowest BCUT2D eigenvalue weighted by atomic mass is 10.2. The lowest BCUT2D eigenvalue weighted by molar-refractivity contribution is 0.311. The standard InChI is InChI=1S/C16H18N4O2/c1-4-22-13-7-5-11(9-14(13)21-3)16-19-18-15-8-6-12(17)10(2)20(15)16/h5-9H,4,17H2,1-3H3. The summed E-state index contributed by atoms with van der Waals surface area (Å²) in [6.45, 7) is 4.46. The number of hydrogen-bond acceptors (Lipinski definition) is 5. The number of rotatable bonds is 4. The first-order chi connectivity index (χ1) is 10.7. The van der Waals surface area contributed by atoms with Crippen molar-refractivity contribution in [1.29, 1.82) is 0 Å². The van der Waals surface area contributed by atoms with Gasteiger partial charge in [0.25, 0.3) is 0 Å². The summed E-state index contributed by atoms with van der Waals surface area (Å²) >= 11 is 0. The van der Waals surface area contributed by atoms with Crippen LogP contribution in [0, 0.1) is 6.92 Å². The van der Waals surface area contributed by atoms with Gasteiger partial charge in [0.05, 0.1) is 19.4 Å². The fraction of sp³-hybridized carbons (Fsp3) is 0.250. The van der Waals surface area contributed by atoms with Gasteiger partial charge in [0.2, 0.25) is 0 Å². The topological polar surface area (TPSA) is 74.7 Å². The Bertz CT molecular complexity index is 826. The number of methoxy groups -OCH3 is 1. The number of nitrogen functional groups attached to an aromatic ring is 1. The first-order valence-electron chi connectivity index (χ1n) is 7.07. The van der Waals surface area contributed by atoms with Gasteiger partial charge in [-0.2, -0.15) is 0 Å². The van der Waals surface area contributed by atoms with Crippen LogP contribution in [0.2, 0.25) is 0 Å². The van der Waals surface area contributed by atoms with Gasteiger partial charge in [-0.05, 0) is 44.2 Å². The van der Waals surface area contributed by atoms with Gasteiger partial charge in [0.15, 0.2) is 23.0 Å². The molecule has 0 spiro atoms. The molecule has 0 radical (unpaired) electrons. The highest BCUT2D eigenvalue weighted by Crippen LogP contribution is 2.32. The molecule has 0 unspecified atom stereocenters. The summed E-state index contributed by atoms with van der Waals surface area (Å²) in [5.41, 5.74) is 9.25. The van der Waals surface area contributed by atoms with Gasteiger partial charge in [-0.1, -0.05) is 0 Å². The summed E-state index contributed by atoms with van der Waals surface area (Å²) in [5.74, 6) is 2.10. The number of nitrogens with zero attached hydrogens (tertiary/aromatic N) is 3. The van der Waals surface area contributed by atoms with Gasteiger partial charge < -0.3 is 15.2 Å². The molecule has 0 atom stereocenters. The van der Waals surface area contributed by atoms with E-state index in [9.17, 15) is 0 Å². The van der Waals surface area contributed by atoms with Crippen molar-refractivity contribution in [2.24, 2.45) is 0 Å². The lowest BCUT2D eigenvalue weighted by Gasteiger charge is -2.11. The number of aromatic nitrogens is 3. The molecule has 0 aliphatic rings. The van der Waals surface area contributed by atoms with Gasteiger partial charge in [0, 0.05) is 11.3 Å². The average molecular weight is 298 g/mol. The minimum atomic E-state index is 0.583. The largest absolute Gasteiger partial charge is 0.493 e. The second-order valence-electron chi connectivity index (χ2n) is 4.89. The maximum Gasteiger partial charge on any atom is 0.168 e. The van der Waals surface area contributed by atoms with Crippen LogP contribution in [0.25, 0.3) is 17.0 Å². The van der Waals surface area contributed by atoms with E-state index in [1.807, 2.05) is 48.6 Å². The fourth-order valence-electron chi connectivity index (χ4n) is 2.42. The highest BCUT2D eigenvalue weighted by molar-refractivity contribution is 5.66. The molecule has 0 saturated heterocycles. The molecular formula is C16H18N4O2. The molecule has 0 amide bonds. The Kier molecular flexibility index (Phi) is 3.58. The highest BCUT2D eigenvalue weighted by Gasteiger charge is 2.14. The Balaban J connectivity index is 2.17. The van der Waals surface area contributed by atoms with Gasteiger partial charge >= 0.3 is 0 Å². The molecule has 114 valence electrons. The first kappa shape index (κ1) is 14.2. The molecule has 6 nitrogen and oxygen atoms in total. The number of anilines is 1. The molecule has 3 aromatic rings. The Morgan fingerprint density at radius 1 is 1.14 bits per heavy atom. The fourth-order valence-corrected chi connectivity index (χ4v) is 2.42. The lowest BCUT2D eigenvalue weighted by Crippen LogP contribution is -2.00. The number of nitrogens with two attached hydrogens (primary N) is 1. The monoisotopic (exact) mass is 298 g/mol. The van der Waals surface area contributed by atoms with E-state index in [1.165, 1.54) is 0 Å². The van der Waals surface area contributed by atoms with Crippen LogP contribution in [-0.4, -0.2) is 28.3 Å². The van der Waals surface area contributed by atoms with Crippen LogP contribution in [0.1, 0.15) is 12.6 Å². The molecule has 3 rings (SSSR count). The van der Waals surface area contributed by atoms with Crippen molar-refractivity contribution in [1.82, 2.24) is 14.6 Å². The number of hydrogen-bond donors (Lipinski definition) is 1. The van der Waals surface area contributed by atoms with E-state index in [1.54, 1.807) is 7.11 Å². The van der Waals surface area contributed by atoms with Crippen molar-refractivity contribution in [2.45, 2.75) is 13.8 Å². The highest BCUT2D eigenvalue weighted by atomic mass is 16.5. The van der Waals surface area contributed by atoms with Crippen LogP contribution in [0.4, 0.5) is 5.69 Å². The van der Waals surface area contributed by atoms with E-state index in [4.69, 9.17) is 15.2 Å². The quantitative estimate of drug-likeness (QED) is 0.801. The van der Waals surface area contributed by atoms with Crippen molar-refractivity contribution in [3.8, 4) is 22.9 Å². The minimum absolute atomic E-state index is 0.583. The van der Waals surface area contributed by atoms with Crippen LogP contribution in [0.15, 0.2) is 30.3 Å². The zero-order valence-corrected chi connectivity index (χ0v) is 12.8. The van der Waals surface area contributed by atoms with Gasteiger partial charge in [0.1, 0.15) is 0 Å². The second kappa shape index (κ2) is 5.55. The van der Waals surface area contributed by atoms with E-state index in [0.29, 0.717) is 23.8 Å². The van der Waals surface area contributed by atoms with Crippen molar-refractivity contribution in [3.05, 3.63) is 36.0 Å². The number of ether oxygens (including phenoxy) is 2. The molecule has 0 aliphatic heterocycles. The van der Waals surface area contributed by atoms with Crippen molar-refractivity contribution in [3.63, 3.8) is 0 Å². The van der Waals surface area contributed by atoms with Gasteiger partial charge in [-0.15, -0.1) is 10.2 Å². The molecule has 22 heavy (non-hydrogen) atoms. The smallest absolute Gasteiger partial charge is 0.168 e. The summed E-state index contributed by atoms with van der Waals surface area (Å²) in [4.78, 5) is 0. The SMILES string of the molecule is CCOc1ccc(-c2nnc3ccc(N)c(C)n23)cc1OC. The third kappa shape index (κ3) is 2.22. The molecule has 0 saturated carbocycles.